The van der Waals surface area contributed by atoms with Crippen molar-refractivity contribution in [3.05, 3.63) is 34.9 Å². The summed E-state index contributed by atoms with van der Waals surface area (Å²) < 4.78 is 33.7. The van der Waals surface area contributed by atoms with E-state index in [1.54, 1.807) is 6.92 Å². The lowest BCUT2D eigenvalue weighted by Gasteiger charge is -2.32. The zero-order chi connectivity index (χ0) is 14.5. The van der Waals surface area contributed by atoms with E-state index in [1.165, 1.54) is 12.1 Å². The van der Waals surface area contributed by atoms with Crippen molar-refractivity contribution in [1.82, 2.24) is 5.32 Å². The van der Waals surface area contributed by atoms with Gasteiger partial charge in [0.15, 0.2) is 0 Å². The van der Waals surface area contributed by atoms with Crippen molar-refractivity contribution < 1.29 is 13.5 Å². The summed E-state index contributed by atoms with van der Waals surface area (Å²) in [4.78, 5) is 0. The Balaban J connectivity index is 2.27. The lowest BCUT2D eigenvalue weighted by Crippen LogP contribution is -2.37. The van der Waals surface area contributed by atoms with E-state index in [-0.39, 0.29) is 23.8 Å². The predicted octanol–water partition coefficient (Wildman–Crippen LogP) is 3.88. The average molecular weight is 283 g/mol. The third kappa shape index (κ3) is 3.55. The Bertz CT molecular complexity index is 444. The number of aryl methyl sites for hydroxylation is 1. The van der Waals surface area contributed by atoms with E-state index in [1.807, 2.05) is 0 Å². The summed E-state index contributed by atoms with van der Waals surface area (Å²) in [6.07, 6.45) is 3.87. The second-order valence-electron chi connectivity index (χ2n) is 5.46. The molecule has 0 amide bonds. The summed E-state index contributed by atoms with van der Waals surface area (Å²) >= 11 is 0. The topological polar surface area (TPSA) is 21.3 Å². The molecule has 0 saturated carbocycles. The summed E-state index contributed by atoms with van der Waals surface area (Å²) in [5.74, 6) is -0.716. The van der Waals surface area contributed by atoms with Gasteiger partial charge >= 0.3 is 0 Å². The zero-order valence-electron chi connectivity index (χ0n) is 12.2. The first-order valence-electron chi connectivity index (χ1n) is 7.44. The highest BCUT2D eigenvalue weighted by Gasteiger charge is 2.28. The van der Waals surface area contributed by atoms with Crippen LogP contribution in [0.5, 0.6) is 0 Å². The van der Waals surface area contributed by atoms with Crippen LogP contribution in [-0.4, -0.2) is 19.3 Å². The highest BCUT2D eigenvalue weighted by molar-refractivity contribution is 5.28. The highest BCUT2D eigenvalue weighted by atomic mass is 19.1. The van der Waals surface area contributed by atoms with Crippen molar-refractivity contribution >= 4 is 0 Å². The normalized spacial score (nSPS) is 20.9. The first-order chi connectivity index (χ1) is 9.63. The van der Waals surface area contributed by atoms with E-state index < -0.39 is 0 Å². The standard InChI is InChI=1S/C16H23F2NO/c1-3-7-19-16(15-6-4-5-8-20-15)12-10-13(17)11(2)9-14(12)18/h9-10,15-16,19H,3-8H2,1-2H3. The fourth-order valence-electron chi connectivity index (χ4n) is 2.67. The zero-order valence-corrected chi connectivity index (χ0v) is 12.2. The molecule has 2 nitrogen and oxygen atoms in total. The van der Waals surface area contributed by atoms with Crippen LogP contribution in [0.3, 0.4) is 0 Å². The van der Waals surface area contributed by atoms with Crippen LogP contribution in [-0.2, 0) is 4.74 Å². The van der Waals surface area contributed by atoms with Gasteiger partial charge in [-0.3, -0.25) is 0 Å². The fourth-order valence-corrected chi connectivity index (χ4v) is 2.67. The Morgan fingerprint density at radius 1 is 1.30 bits per heavy atom. The largest absolute Gasteiger partial charge is 0.376 e. The molecule has 20 heavy (non-hydrogen) atoms. The first-order valence-corrected chi connectivity index (χ1v) is 7.44. The fraction of sp³-hybridized carbons (Fsp3) is 0.625. The number of hydrogen-bond donors (Lipinski definition) is 1. The predicted molar refractivity (Wildman–Crippen MR) is 75.7 cm³/mol. The Morgan fingerprint density at radius 3 is 2.75 bits per heavy atom. The van der Waals surface area contributed by atoms with Gasteiger partial charge in [-0.1, -0.05) is 6.92 Å². The number of benzene rings is 1. The minimum atomic E-state index is -0.361. The molecule has 4 heteroatoms. The quantitative estimate of drug-likeness (QED) is 0.885. The van der Waals surface area contributed by atoms with Gasteiger partial charge in [0.2, 0.25) is 0 Å². The highest BCUT2D eigenvalue weighted by Crippen LogP contribution is 2.29. The Morgan fingerprint density at radius 2 is 2.10 bits per heavy atom. The molecule has 0 radical (unpaired) electrons. The average Bonchev–Trinajstić information content (AvgIpc) is 2.45. The molecular weight excluding hydrogens is 260 g/mol. The Kier molecular flexibility index (Phi) is 5.49. The lowest BCUT2D eigenvalue weighted by molar-refractivity contribution is -0.00892. The Hall–Kier alpha value is -1.00. The first kappa shape index (κ1) is 15.4. The maximum atomic E-state index is 14.2. The number of halogens is 2. The second-order valence-corrected chi connectivity index (χ2v) is 5.46. The molecule has 2 unspecified atom stereocenters. The van der Waals surface area contributed by atoms with Crippen molar-refractivity contribution in [3.63, 3.8) is 0 Å². The molecular formula is C16H23F2NO. The van der Waals surface area contributed by atoms with E-state index in [0.717, 1.165) is 32.2 Å². The summed E-state index contributed by atoms with van der Waals surface area (Å²) in [7, 11) is 0. The summed E-state index contributed by atoms with van der Waals surface area (Å²) in [5, 5.41) is 3.31. The summed E-state index contributed by atoms with van der Waals surface area (Å²) in [6, 6.07) is 2.31. The molecule has 1 heterocycles. The van der Waals surface area contributed by atoms with E-state index in [4.69, 9.17) is 4.74 Å². The lowest BCUT2D eigenvalue weighted by atomic mass is 9.94. The molecule has 1 aliphatic heterocycles. The van der Waals surface area contributed by atoms with Gasteiger partial charge in [-0.2, -0.15) is 0 Å². The van der Waals surface area contributed by atoms with Crippen molar-refractivity contribution in [1.29, 1.82) is 0 Å². The molecule has 1 N–H and O–H groups in total. The van der Waals surface area contributed by atoms with Crippen molar-refractivity contribution in [3.8, 4) is 0 Å². The van der Waals surface area contributed by atoms with E-state index >= 15 is 0 Å². The van der Waals surface area contributed by atoms with Crippen LogP contribution in [0.1, 0.15) is 49.8 Å². The molecule has 112 valence electrons. The van der Waals surface area contributed by atoms with Crippen molar-refractivity contribution in [2.24, 2.45) is 0 Å². The molecule has 0 bridgehead atoms. The molecule has 2 atom stereocenters. The third-order valence-corrected chi connectivity index (χ3v) is 3.81. The van der Waals surface area contributed by atoms with E-state index in [2.05, 4.69) is 12.2 Å². The van der Waals surface area contributed by atoms with Gasteiger partial charge in [0.05, 0.1) is 12.1 Å². The van der Waals surface area contributed by atoms with Gasteiger partial charge in [-0.05, 0) is 56.8 Å². The van der Waals surface area contributed by atoms with Gasteiger partial charge in [-0.25, -0.2) is 8.78 Å². The second kappa shape index (κ2) is 7.14. The van der Waals surface area contributed by atoms with Crippen LogP contribution >= 0.6 is 0 Å². The number of rotatable bonds is 5. The van der Waals surface area contributed by atoms with Gasteiger partial charge in [0.1, 0.15) is 11.6 Å². The minimum Gasteiger partial charge on any atom is -0.376 e. The van der Waals surface area contributed by atoms with E-state index in [9.17, 15) is 8.78 Å². The van der Waals surface area contributed by atoms with Crippen LogP contribution in [0.25, 0.3) is 0 Å². The van der Waals surface area contributed by atoms with Crippen LogP contribution < -0.4 is 5.32 Å². The van der Waals surface area contributed by atoms with E-state index in [0.29, 0.717) is 17.7 Å². The number of ether oxygens (including phenoxy) is 1. The van der Waals surface area contributed by atoms with Gasteiger partial charge in [0.25, 0.3) is 0 Å². The maximum absolute atomic E-state index is 14.2. The molecule has 1 saturated heterocycles. The molecule has 2 rings (SSSR count). The Labute approximate surface area is 119 Å². The molecule has 0 aliphatic carbocycles. The van der Waals surface area contributed by atoms with Crippen LogP contribution in [0.2, 0.25) is 0 Å². The third-order valence-electron chi connectivity index (χ3n) is 3.81. The van der Waals surface area contributed by atoms with Gasteiger partial charge in [-0.15, -0.1) is 0 Å². The van der Waals surface area contributed by atoms with Crippen molar-refractivity contribution in [2.45, 2.75) is 51.7 Å². The van der Waals surface area contributed by atoms with Crippen molar-refractivity contribution in [2.75, 3.05) is 13.2 Å². The van der Waals surface area contributed by atoms with Gasteiger partial charge < -0.3 is 10.1 Å². The SMILES string of the molecule is CCCNC(c1cc(F)c(C)cc1F)C1CCCCO1. The van der Waals surface area contributed by atoms with Gasteiger partial charge in [0, 0.05) is 12.2 Å². The molecule has 0 aromatic heterocycles. The summed E-state index contributed by atoms with van der Waals surface area (Å²) in [5.41, 5.74) is 0.721. The molecule has 1 fully saturated rings. The molecule has 1 aliphatic rings. The smallest absolute Gasteiger partial charge is 0.128 e. The number of nitrogens with one attached hydrogen (secondary N) is 1. The van der Waals surface area contributed by atoms with Crippen LogP contribution in [0.15, 0.2) is 12.1 Å². The van der Waals surface area contributed by atoms with Crippen LogP contribution in [0, 0.1) is 18.6 Å². The molecule has 0 spiro atoms. The molecule has 1 aromatic rings. The molecule has 1 aromatic carbocycles. The maximum Gasteiger partial charge on any atom is 0.128 e. The number of hydrogen-bond acceptors (Lipinski definition) is 2. The summed E-state index contributed by atoms with van der Waals surface area (Å²) in [6.45, 7) is 5.09. The van der Waals surface area contributed by atoms with Crippen LogP contribution in [0.4, 0.5) is 8.78 Å². The monoisotopic (exact) mass is 283 g/mol. The minimum absolute atomic E-state index is 0.0769.